The molecule has 0 aliphatic carbocycles. The zero-order valence-corrected chi connectivity index (χ0v) is 8.18. The van der Waals surface area contributed by atoms with Gasteiger partial charge in [-0.2, -0.15) is 0 Å². The maximum atomic E-state index is 5.74. The van der Waals surface area contributed by atoms with Gasteiger partial charge in [0.15, 0.2) is 0 Å². The molecule has 2 N–H and O–H groups in total. The minimum atomic E-state index is -0.187. The molecule has 2 nitrogen and oxygen atoms in total. The van der Waals surface area contributed by atoms with E-state index in [2.05, 4.69) is 13.8 Å². The Balaban J connectivity index is 3.28. The number of nitrogens with two attached hydrogens (primary N) is 1. The molecule has 0 saturated heterocycles. The highest BCUT2D eigenvalue weighted by atomic mass is 16.5. The van der Waals surface area contributed by atoms with Crippen LogP contribution in [0.5, 0.6) is 0 Å². The second-order valence-electron chi connectivity index (χ2n) is 4.02. The van der Waals surface area contributed by atoms with Crippen molar-refractivity contribution in [3.63, 3.8) is 0 Å². The first-order chi connectivity index (χ1) is 4.95. The number of ether oxygens (including phenoxy) is 1. The van der Waals surface area contributed by atoms with E-state index in [1.54, 1.807) is 0 Å². The first-order valence-corrected chi connectivity index (χ1v) is 4.32. The largest absolute Gasteiger partial charge is 0.379 e. The predicted molar refractivity (Wildman–Crippen MR) is 48.5 cm³/mol. The van der Waals surface area contributed by atoms with Crippen molar-refractivity contribution in [2.24, 2.45) is 11.7 Å². The van der Waals surface area contributed by atoms with Crippen LogP contribution in [0.4, 0.5) is 0 Å². The van der Waals surface area contributed by atoms with Gasteiger partial charge in [0.1, 0.15) is 0 Å². The van der Waals surface area contributed by atoms with Crippen LogP contribution < -0.4 is 5.73 Å². The van der Waals surface area contributed by atoms with Crippen molar-refractivity contribution in [2.75, 3.05) is 13.2 Å². The average molecular weight is 159 g/mol. The van der Waals surface area contributed by atoms with E-state index in [9.17, 15) is 0 Å². The van der Waals surface area contributed by atoms with Crippen LogP contribution in [-0.2, 0) is 4.74 Å². The molecular formula is C9H21NO. The molecular weight excluding hydrogens is 138 g/mol. The van der Waals surface area contributed by atoms with Crippen LogP contribution >= 0.6 is 0 Å². The molecule has 0 amide bonds. The molecule has 0 fully saturated rings. The summed E-state index contributed by atoms with van der Waals surface area (Å²) in [7, 11) is 0. The first kappa shape index (κ1) is 10.9. The van der Waals surface area contributed by atoms with Crippen LogP contribution in [0.1, 0.15) is 34.1 Å². The summed E-state index contributed by atoms with van der Waals surface area (Å²) in [6, 6.07) is 0. The molecule has 2 heteroatoms. The van der Waals surface area contributed by atoms with Crippen LogP contribution in [0.2, 0.25) is 0 Å². The SMILES string of the molecule is CCC(C)COCC(C)(C)N. The quantitative estimate of drug-likeness (QED) is 0.663. The van der Waals surface area contributed by atoms with Gasteiger partial charge in [0.2, 0.25) is 0 Å². The van der Waals surface area contributed by atoms with Gasteiger partial charge < -0.3 is 10.5 Å². The molecule has 0 aromatic heterocycles. The second kappa shape index (κ2) is 4.73. The summed E-state index contributed by atoms with van der Waals surface area (Å²) < 4.78 is 5.43. The molecule has 0 radical (unpaired) electrons. The standard InChI is InChI=1S/C9H21NO/c1-5-8(2)6-11-7-9(3,4)10/h8H,5-7,10H2,1-4H3. The third-order valence-electron chi connectivity index (χ3n) is 1.57. The topological polar surface area (TPSA) is 35.2 Å². The lowest BCUT2D eigenvalue weighted by Gasteiger charge is -2.19. The fourth-order valence-electron chi connectivity index (χ4n) is 0.641. The predicted octanol–water partition coefficient (Wildman–Crippen LogP) is 1.79. The van der Waals surface area contributed by atoms with Gasteiger partial charge in [-0.25, -0.2) is 0 Å². The Morgan fingerprint density at radius 3 is 2.36 bits per heavy atom. The van der Waals surface area contributed by atoms with Crippen LogP contribution in [0.3, 0.4) is 0 Å². The van der Waals surface area contributed by atoms with Crippen molar-refractivity contribution in [3.8, 4) is 0 Å². The Morgan fingerprint density at radius 2 is 2.00 bits per heavy atom. The molecule has 0 aliphatic rings. The summed E-state index contributed by atoms with van der Waals surface area (Å²) in [5, 5.41) is 0. The van der Waals surface area contributed by atoms with E-state index in [1.165, 1.54) is 6.42 Å². The molecule has 0 aromatic carbocycles. The summed E-state index contributed by atoms with van der Waals surface area (Å²) >= 11 is 0. The summed E-state index contributed by atoms with van der Waals surface area (Å²) in [6.07, 6.45) is 1.17. The molecule has 1 atom stereocenters. The molecule has 11 heavy (non-hydrogen) atoms. The van der Waals surface area contributed by atoms with Crippen LogP contribution in [-0.4, -0.2) is 18.8 Å². The first-order valence-electron chi connectivity index (χ1n) is 4.32. The Kier molecular flexibility index (Phi) is 4.69. The van der Waals surface area contributed by atoms with E-state index in [-0.39, 0.29) is 5.54 Å². The molecule has 0 aromatic rings. The normalized spacial score (nSPS) is 15.0. The van der Waals surface area contributed by atoms with Crippen LogP contribution in [0.25, 0.3) is 0 Å². The highest BCUT2D eigenvalue weighted by Gasteiger charge is 2.10. The molecule has 68 valence electrons. The highest BCUT2D eigenvalue weighted by Crippen LogP contribution is 2.03. The average Bonchev–Trinajstić information content (AvgIpc) is 1.85. The molecule has 0 aliphatic heterocycles. The lowest BCUT2D eigenvalue weighted by Crippen LogP contribution is -2.37. The van der Waals surface area contributed by atoms with Crippen molar-refractivity contribution >= 4 is 0 Å². The van der Waals surface area contributed by atoms with E-state index in [0.717, 1.165) is 6.61 Å². The fraction of sp³-hybridized carbons (Fsp3) is 1.00. The summed E-state index contributed by atoms with van der Waals surface area (Å²) in [5.41, 5.74) is 5.55. The lowest BCUT2D eigenvalue weighted by molar-refractivity contribution is 0.0728. The van der Waals surface area contributed by atoms with E-state index >= 15 is 0 Å². The van der Waals surface area contributed by atoms with Crippen LogP contribution in [0.15, 0.2) is 0 Å². The minimum absolute atomic E-state index is 0.187. The smallest absolute Gasteiger partial charge is 0.0640 e. The maximum Gasteiger partial charge on any atom is 0.0640 e. The zero-order chi connectivity index (χ0) is 8.91. The van der Waals surface area contributed by atoms with Crippen molar-refractivity contribution in [2.45, 2.75) is 39.7 Å². The van der Waals surface area contributed by atoms with Gasteiger partial charge in [0.05, 0.1) is 6.61 Å². The maximum absolute atomic E-state index is 5.74. The van der Waals surface area contributed by atoms with E-state index < -0.39 is 0 Å². The number of rotatable bonds is 5. The van der Waals surface area contributed by atoms with Crippen molar-refractivity contribution < 1.29 is 4.74 Å². The summed E-state index contributed by atoms with van der Waals surface area (Å²) in [6.45, 7) is 9.78. The Labute approximate surface area is 70.1 Å². The zero-order valence-electron chi connectivity index (χ0n) is 8.18. The third kappa shape index (κ3) is 7.82. The molecule has 0 saturated carbocycles. The summed E-state index contributed by atoms with van der Waals surface area (Å²) in [4.78, 5) is 0. The van der Waals surface area contributed by atoms with Crippen molar-refractivity contribution in [1.29, 1.82) is 0 Å². The lowest BCUT2D eigenvalue weighted by atomic mass is 10.1. The fourth-order valence-corrected chi connectivity index (χ4v) is 0.641. The Morgan fingerprint density at radius 1 is 1.45 bits per heavy atom. The van der Waals surface area contributed by atoms with E-state index in [1.807, 2.05) is 13.8 Å². The van der Waals surface area contributed by atoms with E-state index in [0.29, 0.717) is 12.5 Å². The molecule has 0 rings (SSSR count). The van der Waals surface area contributed by atoms with Gasteiger partial charge in [-0.05, 0) is 19.8 Å². The van der Waals surface area contributed by atoms with Gasteiger partial charge in [-0.3, -0.25) is 0 Å². The second-order valence-corrected chi connectivity index (χ2v) is 4.02. The summed E-state index contributed by atoms with van der Waals surface area (Å²) in [5.74, 6) is 0.650. The van der Waals surface area contributed by atoms with Crippen molar-refractivity contribution in [1.82, 2.24) is 0 Å². The monoisotopic (exact) mass is 159 g/mol. The van der Waals surface area contributed by atoms with E-state index in [4.69, 9.17) is 10.5 Å². The highest BCUT2D eigenvalue weighted by molar-refractivity contribution is 4.70. The number of hydrogen-bond donors (Lipinski definition) is 1. The van der Waals surface area contributed by atoms with Gasteiger partial charge in [0, 0.05) is 12.1 Å². The van der Waals surface area contributed by atoms with Gasteiger partial charge in [-0.15, -0.1) is 0 Å². The number of hydrogen-bond acceptors (Lipinski definition) is 2. The molecule has 1 unspecified atom stereocenters. The third-order valence-corrected chi connectivity index (χ3v) is 1.57. The van der Waals surface area contributed by atoms with Crippen LogP contribution in [0, 0.1) is 5.92 Å². The van der Waals surface area contributed by atoms with Crippen molar-refractivity contribution in [3.05, 3.63) is 0 Å². The van der Waals surface area contributed by atoms with Gasteiger partial charge >= 0.3 is 0 Å². The van der Waals surface area contributed by atoms with Gasteiger partial charge in [0.25, 0.3) is 0 Å². The molecule has 0 bridgehead atoms. The van der Waals surface area contributed by atoms with Gasteiger partial charge in [-0.1, -0.05) is 20.3 Å². The Hall–Kier alpha value is -0.0800. The Bertz CT molecular complexity index is 96.2. The minimum Gasteiger partial charge on any atom is -0.379 e. The molecule has 0 spiro atoms. The molecule has 0 heterocycles.